The number of nitrogens with zero attached hydrogens (tertiary/aromatic N) is 1. The first-order valence-corrected chi connectivity index (χ1v) is 6.35. The van der Waals surface area contributed by atoms with Gasteiger partial charge in [-0.2, -0.15) is 0 Å². The topological polar surface area (TPSA) is 59.5 Å². The van der Waals surface area contributed by atoms with Crippen molar-refractivity contribution in [1.82, 2.24) is 0 Å². The van der Waals surface area contributed by atoms with Crippen molar-refractivity contribution in [2.45, 2.75) is 20.3 Å². The minimum Gasteiger partial charge on any atom is -0.469 e. The Morgan fingerprint density at radius 1 is 1.37 bits per heavy atom. The Morgan fingerprint density at radius 2 is 2.11 bits per heavy atom. The van der Waals surface area contributed by atoms with Gasteiger partial charge in [0.1, 0.15) is 12.0 Å². The second kappa shape index (κ2) is 5.61. The molecule has 0 bridgehead atoms. The molecule has 2 aromatic rings. The molecule has 0 radical (unpaired) electrons. The van der Waals surface area contributed by atoms with Crippen LogP contribution in [0.15, 0.2) is 41.0 Å². The Labute approximate surface area is 112 Å². The van der Waals surface area contributed by atoms with Crippen LogP contribution in [0.5, 0.6) is 0 Å². The Kier molecular flexibility index (Phi) is 3.90. The fraction of sp³-hybridized carbons (Fsp3) is 0.267. The highest BCUT2D eigenvalue weighted by atomic mass is 16.3. The third-order valence-corrected chi connectivity index (χ3v) is 2.90. The molecule has 100 valence electrons. The van der Waals surface area contributed by atoms with Crippen LogP contribution in [0.1, 0.15) is 29.5 Å². The van der Waals surface area contributed by atoms with E-state index in [0.29, 0.717) is 17.8 Å². The number of para-hydroxylation sites is 2. The van der Waals surface area contributed by atoms with Gasteiger partial charge in [0.25, 0.3) is 5.91 Å². The molecule has 0 fully saturated rings. The summed E-state index contributed by atoms with van der Waals surface area (Å²) in [5, 5.41) is 0. The van der Waals surface area contributed by atoms with E-state index in [1.165, 1.54) is 6.26 Å². The monoisotopic (exact) mass is 258 g/mol. The van der Waals surface area contributed by atoms with E-state index in [9.17, 15) is 4.79 Å². The molecule has 0 unspecified atom stereocenters. The lowest BCUT2D eigenvalue weighted by Gasteiger charge is -2.23. The van der Waals surface area contributed by atoms with Crippen LogP contribution in [0.2, 0.25) is 0 Å². The normalized spacial score (nSPS) is 10.4. The number of anilines is 2. The molecule has 0 saturated carbocycles. The van der Waals surface area contributed by atoms with Gasteiger partial charge in [-0.15, -0.1) is 0 Å². The van der Waals surface area contributed by atoms with Gasteiger partial charge in [0, 0.05) is 6.54 Å². The summed E-state index contributed by atoms with van der Waals surface area (Å²) in [6.45, 7) is 4.47. The maximum Gasteiger partial charge on any atom is 0.261 e. The number of carbonyl (C=O) groups is 1. The fourth-order valence-corrected chi connectivity index (χ4v) is 2.00. The molecule has 4 nitrogen and oxygen atoms in total. The average Bonchev–Trinajstić information content (AvgIpc) is 2.83. The van der Waals surface area contributed by atoms with E-state index in [4.69, 9.17) is 10.2 Å². The maximum absolute atomic E-state index is 12.5. The van der Waals surface area contributed by atoms with Crippen LogP contribution in [0.25, 0.3) is 0 Å². The van der Waals surface area contributed by atoms with Crippen LogP contribution in [-0.4, -0.2) is 12.5 Å². The zero-order valence-corrected chi connectivity index (χ0v) is 11.2. The summed E-state index contributed by atoms with van der Waals surface area (Å²) >= 11 is 0. The van der Waals surface area contributed by atoms with Gasteiger partial charge in [0.15, 0.2) is 0 Å². The first-order chi connectivity index (χ1) is 9.13. The van der Waals surface area contributed by atoms with Crippen molar-refractivity contribution in [3.63, 3.8) is 0 Å². The lowest BCUT2D eigenvalue weighted by atomic mass is 10.2. The summed E-state index contributed by atoms with van der Waals surface area (Å²) in [4.78, 5) is 14.2. The lowest BCUT2D eigenvalue weighted by Crippen LogP contribution is -2.32. The number of benzene rings is 1. The Morgan fingerprint density at radius 3 is 2.68 bits per heavy atom. The number of aryl methyl sites for hydroxylation is 1. The molecule has 1 aromatic carbocycles. The zero-order chi connectivity index (χ0) is 13.8. The molecule has 19 heavy (non-hydrogen) atoms. The van der Waals surface area contributed by atoms with Crippen molar-refractivity contribution >= 4 is 17.3 Å². The SMILES string of the molecule is CCCN(C(=O)c1coc(C)c1)c1ccccc1N. The zero-order valence-electron chi connectivity index (χ0n) is 11.2. The van der Waals surface area contributed by atoms with Gasteiger partial charge in [-0.1, -0.05) is 19.1 Å². The highest BCUT2D eigenvalue weighted by molar-refractivity contribution is 6.07. The quantitative estimate of drug-likeness (QED) is 0.856. The molecular weight excluding hydrogens is 240 g/mol. The predicted octanol–water partition coefficient (Wildman–Crippen LogP) is 3.23. The van der Waals surface area contributed by atoms with Crippen LogP contribution in [0.3, 0.4) is 0 Å². The third-order valence-electron chi connectivity index (χ3n) is 2.90. The van der Waals surface area contributed by atoms with Crippen molar-refractivity contribution in [3.05, 3.63) is 47.9 Å². The van der Waals surface area contributed by atoms with Gasteiger partial charge in [0.2, 0.25) is 0 Å². The molecular formula is C15H18N2O2. The van der Waals surface area contributed by atoms with Gasteiger partial charge in [-0.3, -0.25) is 4.79 Å². The van der Waals surface area contributed by atoms with Gasteiger partial charge in [0.05, 0.1) is 16.9 Å². The van der Waals surface area contributed by atoms with Crippen molar-refractivity contribution in [3.8, 4) is 0 Å². The summed E-state index contributed by atoms with van der Waals surface area (Å²) in [7, 11) is 0. The molecule has 1 heterocycles. The molecule has 0 saturated heterocycles. The second-order valence-electron chi connectivity index (χ2n) is 4.46. The molecule has 0 aliphatic heterocycles. The maximum atomic E-state index is 12.5. The van der Waals surface area contributed by atoms with E-state index in [0.717, 1.165) is 17.9 Å². The van der Waals surface area contributed by atoms with E-state index in [1.807, 2.05) is 32.0 Å². The smallest absolute Gasteiger partial charge is 0.261 e. The van der Waals surface area contributed by atoms with Crippen LogP contribution in [-0.2, 0) is 0 Å². The standard InChI is InChI=1S/C15H18N2O2/c1-3-8-17(14-7-5-4-6-13(14)16)15(18)12-9-11(2)19-10-12/h4-7,9-10H,3,8,16H2,1-2H3. The number of hydrogen-bond donors (Lipinski definition) is 1. The molecule has 2 rings (SSSR count). The number of nitrogens with two attached hydrogens (primary N) is 1. The summed E-state index contributed by atoms with van der Waals surface area (Å²) in [5.41, 5.74) is 7.85. The number of furan rings is 1. The van der Waals surface area contributed by atoms with E-state index in [2.05, 4.69) is 0 Å². The Balaban J connectivity index is 2.35. The third kappa shape index (κ3) is 2.78. The van der Waals surface area contributed by atoms with Crippen LogP contribution < -0.4 is 10.6 Å². The van der Waals surface area contributed by atoms with Crippen molar-refractivity contribution < 1.29 is 9.21 Å². The predicted molar refractivity (Wildman–Crippen MR) is 76.3 cm³/mol. The molecule has 0 aliphatic rings. The molecule has 0 atom stereocenters. The van der Waals surface area contributed by atoms with Gasteiger partial charge < -0.3 is 15.1 Å². The largest absolute Gasteiger partial charge is 0.469 e. The molecule has 0 aliphatic carbocycles. The summed E-state index contributed by atoms with van der Waals surface area (Å²) in [6.07, 6.45) is 2.34. The lowest BCUT2D eigenvalue weighted by molar-refractivity contribution is 0.0986. The number of nitrogen functional groups attached to an aromatic ring is 1. The van der Waals surface area contributed by atoms with E-state index >= 15 is 0 Å². The van der Waals surface area contributed by atoms with Crippen LogP contribution in [0.4, 0.5) is 11.4 Å². The minimum absolute atomic E-state index is 0.0865. The number of carbonyl (C=O) groups excluding carboxylic acids is 1. The molecule has 1 aromatic heterocycles. The van der Waals surface area contributed by atoms with Crippen molar-refractivity contribution in [1.29, 1.82) is 0 Å². The summed E-state index contributed by atoms with van der Waals surface area (Å²) in [6, 6.07) is 9.13. The van der Waals surface area contributed by atoms with Crippen LogP contribution >= 0.6 is 0 Å². The van der Waals surface area contributed by atoms with Crippen LogP contribution in [0, 0.1) is 6.92 Å². The van der Waals surface area contributed by atoms with Gasteiger partial charge in [-0.05, 0) is 31.5 Å². The Bertz CT molecular complexity index is 575. The molecule has 0 spiro atoms. The average molecular weight is 258 g/mol. The highest BCUT2D eigenvalue weighted by Crippen LogP contribution is 2.25. The summed E-state index contributed by atoms with van der Waals surface area (Å²) < 4.78 is 5.20. The number of rotatable bonds is 4. The first kappa shape index (κ1) is 13.2. The summed E-state index contributed by atoms with van der Waals surface area (Å²) in [5.74, 6) is 0.637. The van der Waals surface area contributed by atoms with Gasteiger partial charge in [-0.25, -0.2) is 0 Å². The molecule has 1 amide bonds. The van der Waals surface area contributed by atoms with Gasteiger partial charge >= 0.3 is 0 Å². The second-order valence-corrected chi connectivity index (χ2v) is 4.46. The minimum atomic E-state index is -0.0865. The van der Waals surface area contributed by atoms with E-state index < -0.39 is 0 Å². The van der Waals surface area contributed by atoms with Crippen molar-refractivity contribution in [2.75, 3.05) is 17.2 Å². The Hall–Kier alpha value is -2.23. The molecule has 4 heteroatoms. The number of hydrogen-bond acceptors (Lipinski definition) is 3. The first-order valence-electron chi connectivity index (χ1n) is 6.35. The molecule has 2 N–H and O–H groups in total. The van der Waals surface area contributed by atoms with E-state index in [-0.39, 0.29) is 5.91 Å². The van der Waals surface area contributed by atoms with E-state index in [1.54, 1.807) is 17.0 Å². The van der Waals surface area contributed by atoms with Crippen molar-refractivity contribution in [2.24, 2.45) is 0 Å². The number of amides is 1. The highest BCUT2D eigenvalue weighted by Gasteiger charge is 2.20. The fourth-order valence-electron chi connectivity index (χ4n) is 2.00.